The Morgan fingerprint density at radius 2 is 2.13 bits per heavy atom. The fourth-order valence-corrected chi connectivity index (χ4v) is 1.12. The number of benzene rings is 1. The van der Waals surface area contributed by atoms with Gasteiger partial charge in [0.1, 0.15) is 5.75 Å². The Bertz CT molecular complexity index is 322. The topological polar surface area (TPSA) is 55.8 Å². The van der Waals surface area contributed by atoms with Crippen LogP contribution in [-0.2, 0) is 16.1 Å². The van der Waals surface area contributed by atoms with Gasteiger partial charge in [-0.05, 0) is 13.0 Å². The fourth-order valence-electron chi connectivity index (χ4n) is 1.12. The summed E-state index contributed by atoms with van der Waals surface area (Å²) in [7, 11) is 0. The summed E-state index contributed by atoms with van der Waals surface area (Å²) >= 11 is 0. The van der Waals surface area contributed by atoms with Crippen LogP contribution in [0, 0.1) is 0 Å². The number of para-hydroxylation sites is 1. The second-order valence-electron chi connectivity index (χ2n) is 2.93. The third kappa shape index (κ3) is 3.99. The third-order valence-corrected chi connectivity index (χ3v) is 1.79. The zero-order valence-electron chi connectivity index (χ0n) is 8.60. The van der Waals surface area contributed by atoms with Crippen LogP contribution < -0.4 is 4.74 Å². The molecule has 0 aromatic heterocycles. The molecule has 0 amide bonds. The molecule has 0 atom stereocenters. The van der Waals surface area contributed by atoms with E-state index < -0.39 is 5.97 Å². The van der Waals surface area contributed by atoms with Crippen molar-refractivity contribution in [3.05, 3.63) is 29.8 Å². The molecule has 1 rings (SSSR count). The van der Waals surface area contributed by atoms with Gasteiger partial charge in [0.25, 0.3) is 0 Å². The first-order valence-corrected chi connectivity index (χ1v) is 4.74. The molecule has 0 radical (unpaired) electrons. The third-order valence-electron chi connectivity index (χ3n) is 1.79. The van der Waals surface area contributed by atoms with Crippen molar-refractivity contribution in [3.63, 3.8) is 0 Å². The van der Waals surface area contributed by atoms with Crippen molar-refractivity contribution >= 4 is 5.97 Å². The number of carboxylic acid groups (broad SMARTS) is 1. The lowest BCUT2D eigenvalue weighted by atomic mass is 10.2. The van der Waals surface area contributed by atoms with Gasteiger partial charge in [-0.3, -0.25) is 0 Å². The highest BCUT2D eigenvalue weighted by Gasteiger charge is 2.04. The highest BCUT2D eigenvalue weighted by molar-refractivity contribution is 5.68. The predicted octanol–water partition coefficient (Wildman–Crippen LogP) is 1.69. The van der Waals surface area contributed by atoms with Gasteiger partial charge in [0.15, 0.2) is 6.61 Å². The number of carboxylic acids is 1. The monoisotopic (exact) mass is 210 g/mol. The van der Waals surface area contributed by atoms with Crippen molar-refractivity contribution in [2.45, 2.75) is 13.5 Å². The minimum absolute atomic E-state index is 0.330. The van der Waals surface area contributed by atoms with Gasteiger partial charge < -0.3 is 14.6 Å². The summed E-state index contributed by atoms with van der Waals surface area (Å²) in [4.78, 5) is 10.3. The van der Waals surface area contributed by atoms with Crippen LogP contribution in [0.3, 0.4) is 0 Å². The Hall–Kier alpha value is -1.55. The Morgan fingerprint density at radius 1 is 1.40 bits per heavy atom. The lowest BCUT2D eigenvalue weighted by molar-refractivity contribution is -0.139. The standard InChI is InChI=1S/C11H14O4/c1-2-14-7-9-5-3-4-6-10(9)15-8-11(12)13/h3-6H,2,7-8H2,1H3,(H,12,13). The summed E-state index contributed by atoms with van der Waals surface area (Å²) in [6.45, 7) is 2.63. The summed E-state index contributed by atoms with van der Waals surface area (Å²) in [6.07, 6.45) is 0. The van der Waals surface area contributed by atoms with E-state index in [-0.39, 0.29) is 6.61 Å². The predicted molar refractivity (Wildman–Crippen MR) is 54.9 cm³/mol. The van der Waals surface area contributed by atoms with E-state index in [2.05, 4.69) is 0 Å². The minimum Gasteiger partial charge on any atom is -0.482 e. The van der Waals surface area contributed by atoms with Gasteiger partial charge in [0.05, 0.1) is 6.61 Å². The van der Waals surface area contributed by atoms with Crippen molar-refractivity contribution in [2.75, 3.05) is 13.2 Å². The molecule has 82 valence electrons. The molecule has 4 nitrogen and oxygen atoms in total. The molecule has 0 aliphatic carbocycles. The number of carbonyl (C=O) groups is 1. The molecule has 1 aromatic carbocycles. The van der Waals surface area contributed by atoms with E-state index in [1.807, 2.05) is 19.1 Å². The van der Waals surface area contributed by atoms with E-state index in [0.717, 1.165) is 5.56 Å². The molecule has 0 aliphatic heterocycles. The van der Waals surface area contributed by atoms with Crippen LogP contribution in [0.2, 0.25) is 0 Å². The lowest BCUT2D eigenvalue weighted by Gasteiger charge is -2.09. The molecule has 0 unspecified atom stereocenters. The van der Waals surface area contributed by atoms with E-state index in [4.69, 9.17) is 14.6 Å². The average Bonchev–Trinajstić information content (AvgIpc) is 2.24. The van der Waals surface area contributed by atoms with Gasteiger partial charge in [-0.25, -0.2) is 4.79 Å². The van der Waals surface area contributed by atoms with Gasteiger partial charge in [0.2, 0.25) is 0 Å². The molecule has 1 N–H and O–H groups in total. The second-order valence-corrected chi connectivity index (χ2v) is 2.93. The van der Waals surface area contributed by atoms with Gasteiger partial charge in [0, 0.05) is 12.2 Å². The SMILES string of the molecule is CCOCc1ccccc1OCC(=O)O. The Balaban J connectivity index is 2.63. The largest absolute Gasteiger partial charge is 0.482 e. The normalized spacial score (nSPS) is 9.93. The van der Waals surface area contributed by atoms with E-state index >= 15 is 0 Å². The van der Waals surface area contributed by atoms with Crippen LogP contribution in [0.25, 0.3) is 0 Å². The average molecular weight is 210 g/mol. The quantitative estimate of drug-likeness (QED) is 0.776. The smallest absolute Gasteiger partial charge is 0.341 e. The molecule has 0 saturated carbocycles. The maximum absolute atomic E-state index is 10.3. The van der Waals surface area contributed by atoms with Gasteiger partial charge in [-0.2, -0.15) is 0 Å². The van der Waals surface area contributed by atoms with Crippen LogP contribution in [-0.4, -0.2) is 24.3 Å². The molecule has 0 spiro atoms. The lowest BCUT2D eigenvalue weighted by Crippen LogP contribution is -2.10. The van der Waals surface area contributed by atoms with Crippen molar-refractivity contribution < 1.29 is 19.4 Å². The zero-order chi connectivity index (χ0) is 11.1. The molecule has 0 aliphatic rings. The van der Waals surface area contributed by atoms with Crippen molar-refractivity contribution in [1.82, 2.24) is 0 Å². The van der Waals surface area contributed by atoms with E-state index in [1.165, 1.54) is 0 Å². The maximum Gasteiger partial charge on any atom is 0.341 e. The Kier molecular flexibility index (Phi) is 4.63. The second kappa shape index (κ2) is 6.03. The molecule has 0 bridgehead atoms. The first-order valence-electron chi connectivity index (χ1n) is 4.74. The first-order chi connectivity index (χ1) is 7.24. The first kappa shape index (κ1) is 11.5. The van der Waals surface area contributed by atoms with E-state index in [9.17, 15) is 4.79 Å². The maximum atomic E-state index is 10.3. The zero-order valence-corrected chi connectivity index (χ0v) is 8.60. The van der Waals surface area contributed by atoms with Crippen LogP contribution in [0.4, 0.5) is 0 Å². The van der Waals surface area contributed by atoms with Crippen molar-refractivity contribution in [2.24, 2.45) is 0 Å². The molecule has 1 aromatic rings. The van der Waals surface area contributed by atoms with Gasteiger partial charge in [-0.1, -0.05) is 18.2 Å². The molecule has 0 saturated heterocycles. The minimum atomic E-state index is -0.985. The molecule has 0 heterocycles. The van der Waals surface area contributed by atoms with Crippen LogP contribution in [0.1, 0.15) is 12.5 Å². The van der Waals surface area contributed by atoms with Crippen molar-refractivity contribution in [1.29, 1.82) is 0 Å². The number of hydrogen-bond donors (Lipinski definition) is 1. The Morgan fingerprint density at radius 3 is 2.80 bits per heavy atom. The van der Waals surface area contributed by atoms with Gasteiger partial charge in [-0.15, -0.1) is 0 Å². The molecule has 4 heteroatoms. The summed E-state index contributed by atoms with van der Waals surface area (Å²) in [5.74, 6) is -0.422. The number of ether oxygens (including phenoxy) is 2. The van der Waals surface area contributed by atoms with Crippen LogP contribution >= 0.6 is 0 Å². The molecular weight excluding hydrogens is 196 g/mol. The van der Waals surface area contributed by atoms with E-state index in [0.29, 0.717) is 19.0 Å². The highest BCUT2D eigenvalue weighted by atomic mass is 16.5. The molecule has 15 heavy (non-hydrogen) atoms. The summed E-state index contributed by atoms with van der Waals surface area (Å²) < 4.78 is 10.4. The summed E-state index contributed by atoms with van der Waals surface area (Å²) in [5.41, 5.74) is 0.862. The van der Waals surface area contributed by atoms with E-state index in [1.54, 1.807) is 12.1 Å². The van der Waals surface area contributed by atoms with Crippen LogP contribution in [0.5, 0.6) is 5.75 Å². The molecule has 0 fully saturated rings. The summed E-state index contributed by atoms with van der Waals surface area (Å²) in [5, 5.41) is 8.49. The fraction of sp³-hybridized carbons (Fsp3) is 0.364. The number of hydrogen-bond acceptors (Lipinski definition) is 3. The highest BCUT2D eigenvalue weighted by Crippen LogP contribution is 2.18. The Labute approximate surface area is 88.4 Å². The summed E-state index contributed by atoms with van der Waals surface area (Å²) in [6, 6.07) is 7.25. The molecular formula is C11H14O4. The number of rotatable bonds is 6. The van der Waals surface area contributed by atoms with Crippen LogP contribution in [0.15, 0.2) is 24.3 Å². The van der Waals surface area contributed by atoms with Crippen molar-refractivity contribution in [3.8, 4) is 5.75 Å². The number of aliphatic carboxylic acids is 1. The van der Waals surface area contributed by atoms with Gasteiger partial charge >= 0.3 is 5.97 Å².